The molecule has 0 bridgehead atoms. The average molecular weight is 299 g/mol. The minimum atomic E-state index is -0.101. The Balaban J connectivity index is 1.83. The van der Waals surface area contributed by atoms with E-state index >= 15 is 0 Å². The standard InChI is InChI=1S/C15H13N3O2S/c1-9-8-11(14-16-10(2)20-18-14)5-6-12(9)17-15(19)13-4-3-7-21-13/h3-8H,1-2H3,(H,17,19). The van der Waals surface area contributed by atoms with Crippen molar-refractivity contribution >= 4 is 22.9 Å². The third-order valence-electron chi connectivity index (χ3n) is 3.01. The second-order valence-corrected chi connectivity index (χ2v) is 5.55. The van der Waals surface area contributed by atoms with E-state index in [1.165, 1.54) is 11.3 Å². The van der Waals surface area contributed by atoms with Gasteiger partial charge in [-0.1, -0.05) is 11.2 Å². The number of nitrogens with zero attached hydrogens (tertiary/aromatic N) is 2. The number of amides is 1. The highest BCUT2D eigenvalue weighted by molar-refractivity contribution is 7.12. The molecule has 106 valence electrons. The lowest BCUT2D eigenvalue weighted by atomic mass is 10.1. The highest BCUT2D eigenvalue weighted by Crippen LogP contribution is 2.23. The van der Waals surface area contributed by atoms with Crippen molar-refractivity contribution in [1.29, 1.82) is 0 Å². The number of benzene rings is 1. The Morgan fingerprint density at radius 3 is 2.76 bits per heavy atom. The van der Waals surface area contributed by atoms with Crippen LogP contribution in [-0.2, 0) is 0 Å². The predicted molar refractivity (Wildman–Crippen MR) is 81.5 cm³/mol. The number of rotatable bonds is 3. The Morgan fingerprint density at radius 1 is 1.29 bits per heavy atom. The molecule has 0 aliphatic heterocycles. The molecule has 1 aromatic carbocycles. The third kappa shape index (κ3) is 2.85. The van der Waals surface area contributed by atoms with Crippen LogP contribution in [0.1, 0.15) is 21.1 Å². The lowest BCUT2D eigenvalue weighted by Crippen LogP contribution is -2.11. The van der Waals surface area contributed by atoms with E-state index in [9.17, 15) is 4.79 Å². The first-order valence-electron chi connectivity index (χ1n) is 6.39. The van der Waals surface area contributed by atoms with Gasteiger partial charge in [-0.25, -0.2) is 0 Å². The maximum absolute atomic E-state index is 12.0. The van der Waals surface area contributed by atoms with E-state index in [1.807, 2.05) is 36.6 Å². The molecule has 3 aromatic rings. The summed E-state index contributed by atoms with van der Waals surface area (Å²) in [6.45, 7) is 3.68. The van der Waals surface area contributed by atoms with Gasteiger partial charge in [0.05, 0.1) is 4.88 Å². The molecule has 0 saturated heterocycles. The molecule has 2 aromatic heterocycles. The van der Waals surface area contributed by atoms with Crippen LogP contribution in [0.5, 0.6) is 0 Å². The molecule has 5 nitrogen and oxygen atoms in total. The molecule has 0 spiro atoms. The number of carbonyl (C=O) groups excluding carboxylic acids is 1. The number of hydrogen-bond donors (Lipinski definition) is 1. The Kier molecular flexibility index (Phi) is 3.53. The molecule has 21 heavy (non-hydrogen) atoms. The van der Waals surface area contributed by atoms with E-state index < -0.39 is 0 Å². The van der Waals surface area contributed by atoms with Gasteiger partial charge in [0.2, 0.25) is 11.7 Å². The normalized spacial score (nSPS) is 10.6. The van der Waals surface area contributed by atoms with Gasteiger partial charge in [0.15, 0.2) is 0 Å². The van der Waals surface area contributed by atoms with Gasteiger partial charge in [-0.3, -0.25) is 4.79 Å². The van der Waals surface area contributed by atoms with Crippen molar-refractivity contribution in [1.82, 2.24) is 10.1 Å². The van der Waals surface area contributed by atoms with Crippen molar-refractivity contribution < 1.29 is 9.32 Å². The summed E-state index contributed by atoms with van der Waals surface area (Å²) < 4.78 is 4.97. The van der Waals surface area contributed by atoms with Crippen LogP contribution in [0.4, 0.5) is 5.69 Å². The van der Waals surface area contributed by atoms with Gasteiger partial charge in [0.1, 0.15) is 0 Å². The molecule has 6 heteroatoms. The smallest absolute Gasteiger partial charge is 0.265 e. The number of carbonyl (C=O) groups is 1. The molecular weight excluding hydrogens is 286 g/mol. The first kappa shape index (κ1) is 13.5. The third-order valence-corrected chi connectivity index (χ3v) is 3.87. The fourth-order valence-electron chi connectivity index (χ4n) is 1.95. The molecule has 0 atom stereocenters. The molecule has 0 fully saturated rings. The molecule has 0 unspecified atom stereocenters. The summed E-state index contributed by atoms with van der Waals surface area (Å²) in [6.07, 6.45) is 0. The largest absolute Gasteiger partial charge is 0.339 e. The Morgan fingerprint density at radius 2 is 2.14 bits per heavy atom. The number of aromatic nitrogens is 2. The second-order valence-electron chi connectivity index (χ2n) is 4.60. The van der Waals surface area contributed by atoms with E-state index in [-0.39, 0.29) is 5.91 Å². The Bertz CT molecular complexity index is 778. The van der Waals surface area contributed by atoms with Crippen molar-refractivity contribution in [2.24, 2.45) is 0 Å². The van der Waals surface area contributed by atoms with Crippen LogP contribution in [0.25, 0.3) is 11.4 Å². The molecule has 0 saturated carbocycles. The van der Waals surface area contributed by atoms with Gasteiger partial charge in [-0.05, 0) is 42.1 Å². The molecule has 0 aliphatic rings. The van der Waals surface area contributed by atoms with Crippen molar-refractivity contribution in [2.75, 3.05) is 5.32 Å². The van der Waals surface area contributed by atoms with Gasteiger partial charge in [-0.2, -0.15) is 4.98 Å². The molecule has 0 radical (unpaired) electrons. The summed E-state index contributed by atoms with van der Waals surface area (Å²) in [6, 6.07) is 9.29. The van der Waals surface area contributed by atoms with Crippen LogP contribution >= 0.6 is 11.3 Å². The minimum absolute atomic E-state index is 0.101. The fraction of sp³-hybridized carbons (Fsp3) is 0.133. The molecule has 3 rings (SSSR count). The maximum Gasteiger partial charge on any atom is 0.265 e. The predicted octanol–water partition coefficient (Wildman–Crippen LogP) is 3.67. The lowest BCUT2D eigenvalue weighted by Gasteiger charge is -2.08. The van der Waals surface area contributed by atoms with Crippen molar-refractivity contribution in [3.05, 3.63) is 52.0 Å². The van der Waals surface area contributed by atoms with Crippen LogP contribution in [0, 0.1) is 13.8 Å². The molecule has 1 amide bonds. The molecule has 0 aliphatic carbocycles. The highest BCUT2D eigenvalue weighted by Gasteiger charge is 2.11. The maximum atomic E-state index is 12.0. The Labute approximate surface area is 125 Å². The minimum Gasteiger partial charge on any atom is -0.339 e. The molecular formula is C15H13N3O2S. The van der Waals surface area contributed by atoms with Crippen molar-refractivity contribution in [3.8, 4) is 11.4 Å². The fourth-order valence-corrected chi connectivity index (χ4v) is 2.57. The zero-order chi connectivity index (χ0) is 14.8. The summed E-state index contributed by atoms with van der Waals surface area (Å²) in [5.41, 5.74) is 2.58. The van der Waals surface area contributed by atoms with Crippen molar-refractivity contribution in [3.63, 3.8) is 0 Å². The molecule has 2 heterocycles. The van der Waals surface area contributed by atoms with Crippen LogP contribution in [-0.4, -0.2) is 16.0 Å². The van der Waals surface area contributed by atoms with E-state index in [0.29, 0.717) is 16.6 Å². The van der Waals surface area contributed by atoms with E-state index in [1.54, 1.807) is 13.0 Å². The first-order valence-corrected chi connectivity index (χ1v) is 7.27. The topological polar surface area (TPSA) is 68.0 Å². The summed E-state index contributed by atoms with van der Waals surface area (Å²) in [7, 11) is 0. The van der Waals surface area contributed by atoms with Crippen LogP contribution in [0.15, 0.2) is 40.2 Å². The lowest BCUT2D eigenvalue weighted by molar-refractivity contribution is 0.103. The number of thiophene rings is 1. The van der Waals surface area contributed by atoms with E-state index in [2.05, 4.69) is 15.5 Å². The van der Waals surface area contributed by atoms with Crippen LogP contribution in [0.3, 0.4) is 0 Å². The van der Waals surface area contributed by atoms with Gasteiger partial charge < -0.3 is 9.84 Å². The van der Waals surface area contributed by atoms with Gasteiger partial charge in [-0.15, -0.1) is 11.3 Å². The van der Waals surface area contributed by atoms with Gasteiger partial charge in [0.25, 0.3) is 5.91 Å². The van der Waals surface area contributed by atoms with Gasteiger partial charge >= 0.3 is 0 Å². The number of hydrogen-bond acceptors (Lipinski definition) is 5. The average Bonchev–Trinajstić information content (AvgIpc) is 3.12. The monoisotopic (exact) mass is 299 g/mol. The molecule has 1 N–H and O–H groups in total. The Hall–Kier alpha value is -2.47. The summed E-state index contributed by atoms with van der Waals surface area (Å²) in [5, 5.41) is 8.67. The van der Waals surface area contributed by atoms with E-state index in [0.717, 1.165) is 16.8 Å². The van der Waals surface area contributed by atoms with E-state index in [4.69, 9.17) is 4.52 Å². The number of aryl methyl sites for hydroxylation is 2. The number of nitrogens with one attached hydrogen (secondary N) is 1. The summed E-state index contributed by atoms with van der Waals surface area (Å²) in [5.74, 6) is 0.973. The summed E-state index contributed by atoms with van der Waals surface area (Å²) in [4.78, 5) is 16.9. The highest BCUT2D eigenvalue weighted by atomic mass is 32.1. The van der Waals surface area contributed by atoms with Gasteiger partial charge in [0, 0.05) is 18.2 Å². The number of anilines is 1. The SMILES string of the molecule is Cc1nc(-c2ccc(NC(=O)c3cccs3)c(C)c2)no1. The van der Waals surface area contributed by atoms with Crippen LogP contribution in [0.2, 0.25) is 0 Å². The first-order chi connectivity index (χ1) is 10.1. The quantitative estimate of drug-likeness (QED) is 0.801. The second kappa shape index (κ2) is 5.49. The van der Waals surface area contributed by atoms with Crippen molar-refractivity contribution in [2.45, 2.75) is 13.8 Å². The summed E-state index contributed by atoms with van der Waals surface area (Å²) >= 11 is 1.41. The zero-order valence-corrected chi connectivity index (χ0v) is 12.4. The van der Waals surface area contributed by atoms with Crippen LogP contribution < -0.4 is 5.32 Å². The zero-order valence-electron chi connectivity index (χ0n) is 11.6.